The van der Waals surface area contributed by atoms with Crippen LogP contribution in [0.3, 0.4) is 0 Å². The van der Waals surface area contributed by atoms with Crippen LogP contribution >= 0.6 is 0 Å². The minimum absolute atomic E-state index is 0.106. The molecule has 1 aromatic heterocycles. The highest BCUT2D eigenvalue weighted by molar-refractivity contribution is 6.03. The van der Waals surface area contributed by atoms with Gasteiger partial charge in [0.15, 0.2) is 0 Å². The number of nitrogens with zero attached hydrogens (tertiary/aromatic N) is 5. The maximum absolute atomic E-state index is 14.1. The fourth-order valence-electron chi connectivity index (χ4n) is 5.33. The number of hydrazone groups is 1. The Morgan fingerprint density at radius 3 is 2.44 bits per heavy atom. The van der Waals surface area contributed by atoms with E-state index in [0.29, 0.717) is 49.8 Å². The highest BCUT2D eigenvalue weighted by Gasteiger charge is 2.36. The van der Waals surface area contributed by atoms with E-state index in [1.165, 1.54) is 5.01 Å². The molecule has 2 aromatic carbocycles. The van der Waals surface area contributed by atoms with Gasteiger partial charge in [0.25, 0.3) is 11.8 Å². The molecule has 41 heavy (non-hydrogen) atoms. The first-order chi connectivity index (χ1) is 20.0. The molecule has 0 spiro atoms. The first-order valence-corrected chi connectivity index (χ1v) is 13.9. The van der Waals surface area contributed by atoms with E-state index in [2.05, 4.69) is 4.90 Å². The van der Waals surface area contributed by atoms with E-state index in [9.17, 15) is 9.59 Å². The van der Waals surface area contributed by atoms with Crippen molar-refractivity contribution in [3.8, 4) is 11.5 Å². The number of para-hydroxylation sites is 1. The highest BCUT2D eigenvalue weighted by atomic mass is 16.5. The summed E-state index contributed by atoms with van der Waals surface area (Å²) in [5.41, 5.74) is 3.12. The number of carbonyl (C=O) groups excluding carboxylic acids is 2. The number of rotatable bonds is 10. The van der Waals surface area contributed by atoms with Crippen LogP contribution in [-0.2, 0) is 16.6 Å². The van der Waals surface area contributed by atoms with Gasteiger partial charge in [-0.2, -0.15) is 5.10 Å². The zero-order valence-corrected chi connectivity index (χ0v) is 23.9. The Kier molecular flexibility index (Phi) is 9.01. The molecular weight excluding hydrogens is 522 g/mol. The van der Waals surface area contributed by atoms with E-state index in [1.807, 2.05) is 54.2 Å². The van der Waals surface area contributed by atoms with Crippen molar-refractivity contribution in [3.63, 3.8) is 0 Å². The van der Waals surface area contributed by atoms with Crippen molar-refractivity contribution in [2.24, 2.45) is 12.1 Å². The van der Waals surface area contributed by atoms with E-state index in [1.54, 1.807) is 43.4 Å². The lowest BCUT2D eigenvalue weighted by molar-refractivity contribution is -0.133. The van der Waals surface area contributed by atoms with Crippen molar-refractivity contribution in [2.75, 3.05) is 60.2 Å². The summed E-state index contributed by atoms with van der Waals surface area (Å²) in [6, 6.07) is 18.3. The Balaban J connectivity index is 1.42. The zero-order chi connectivity index (χ0) is 28.8. The van der Waals surface area contributed by atoms with Gasteiger partial charge in [0, 0.05) is 57.0 Å². The summed E-state index contributed by atoms with van der Waals surface area (Å²) in [6.45, 7) is 3.86. The molecule has 0 radical (unpaired) electrons. The minimum atomic E-state index is -0.360. The van der Waals surface area contributed by atoms with Gasteiger partial charge in [-0.25, -0.2) is 5.01 Å². The van der Waals surface area contributed by atoms with Crippen molar-refractivity contribution in [2.45, 2.75) is 12.5 Å². The summed E-state index contributed by atoms with van der Waals surface area (Å²) in [7, 11) is 5.17. The fraction of sp³-hybridized carbons (Fsp3) is 0.387. The summed E-state index contributed by atoms with van der Waals surface area (Å²) in [5.74, 6) is 0.886. The summed E-state index contributed by atoms with van der Waals surface area (Å²) < 4.78 is 18.4. The first kappa shape index (κ1) is 28.4. The van der Waals surface area contributed by atoms with Crippen molar-refractivity contribution < 1.29 is 23.8 Å². The van der Waals surface area contributed by atoms with Crippen LogP contribution in [0.4, 0.5) is 0 Å². The van der Waals surface area contributed by atoms with Gasteiger partial charge in [-0.3, -0.25) is 14.5 Å². The third kappa shape index (κ3) is 6.44. The molecule has 2 aliphatic rings. The molecule has 10 nitrogen and oxygen atoms in total. The molecule has 0 bridgehead atoms. The van der Waals surface area contributed by atoms with Crippen molar-refractivity contribution in [1.29, 1.82) is 0 Å². The van der Waals surface area contributed by atoms with Gasteiger partial charge in [-0.15, -0.1) is 0 Å². The summed E-state index contributed by atoms with van der Waals surface area (Å²) >= 11 is 0. The lowest BCUT2D eigenvalue weighted by atomic mass is 9.99. The summed E-state index contributed by atoms with van der Waals surface area (Å²) in [5, 5.41) is 6.36. The van der Waals surface area contributed by atoms with Crippen LogP contribution in [0.1, 0.15) is 34.1 Å². The number of aromatic nitrogens is 1. The van der Waals surface area contributed by atoms with E-state index in [0.717, 1.165) is 30.1 Å². The van der Waals surface area contributed by atoms with Crippen LogP contribution in [0, 0.1) is 0 Å². The first-order valence-electron chi connectivity index (χ1n) is 13.9. The Hall–Kier alpha value is -4.15. The topological polar surface area (TPSA) is 88.8 Å². The maximum atomic E-state index is 14.1. The SMILES string of the molecule is COc1ccc(C(=O)N(CCN2CCOCC2)CC(=O)N2N=C(c3cccn3C)C[C@@H]2c2ccccc2OC)cc1. The number of aryl methyl sites for hydroxylation is 1. The van der Waals surface area contributed by atoms with Crippen LogP contribution in [0.5, 0.6) is 11.5 Å². The molecule has 0 aliphatic carbocycles. The molecule has 2 aliphatic heterocycles. The maximum Gasteiger partial charge on any atom is 0.262 e. The van der Waals surface area contributed by atoms with Crippen molar-refractivity contribution in [1.82, 2.24) is 19.4 Å². The molecule has 2 amide bonds. The van der Waals surface area contributed by atoms with Gasteiger partial charge in [0.1, 0.15) is 18.0 Å². The predicted octanol–water partition coefficient (Wildman–Crippen LogP) is 3.19. The van der Waals surface area contributed by atoms with E-state index >= 15 is 0 Å². The van der Waals surface area contributed by atoms with Crippen LogP contribution in [0.2, 0.25) is 0 Å². The summed E-state index contributed by atoms with van der Waals surface area (Å²) in [6.07, 6.45) is 2.49. The number of methoxy groups -OCH3 is 2. The second kappa shape index (κ2) is 13.0. The molecule has 5 rings (SSSR count). The zero-order valence-electron chi connectivity index (χ0n) is 23.9. The van der Waals surface area contributed by atoms with Gasteiger partial charge in [-0.1, -0.05) is 18.2 Å². The lowest BCUT2D eigenvalue weighted by Gasteiger charge is -2.31. The van der Waals surface area contributed by atoms with Gasteiger partial charge in [0.05, 0.1) is 44.9 Å². The Labute approximate surface area is 240 Å². The second-order valence-electron chi connectivity index (χ2n) is 10.2. The molecule has 1 fully saturated rings. The van der Waals surface area contributed by atoms with Gasteiger partial charge in [-0.05, 0) is 42.5 Å². The number of amides is 2. The smallest absolute Gasteiger partial charge is 0.262 e. The van der Waals surface area contributed by atoms with Crippen molar-refractivity contribution >= 4 is 17.5 Å². The number of benzene rings is 2. The molecule has 1 saturated heterocycles. The van der Waals surface area contributed by atoms with Crippen LogP contribution in [0.25, 0.3) is 0 Å². The molecule has 3 heterocycles. The predicted molar refractivity (Wildman–Crippen MR) is 155 cm³/mol. The quantitative estimate of drug-likeness (QED) is 0.379. The third-order valence-corrected chi connectivity index (χ3v) is 7.64. The normalized spacial score (nSPS) is 17.3. The molecular formula is C31H37N5O5. The Morgan fingerprint density at radius 2 is 1.76 bits per heavy atom. The highest BCUT2D eigenvalue weighted by Crippen LogP contribution is 2.37. The van der Waals surface area contributed by atoms with Crippen LogP contribution in [0.15, 0.2) is 72.0 Å². The average Bonchev–Trinajstić information content (AvgIpc) is 3.65. The number of morpholine rings is 1. The minimum Gasteiger partial charge on any atom is -0.497 e. The van der Waals surface area contributed by atoms with Gasteiger partial charge >= 0.3 is 0 Å². The molecule has 10 heteroatoms. The molecule has 0 unspecified atom stereocenters. The number of carbonyl (C=O) groups is 2. The fourth-order valence-corrected chi connectivity index (χ4v) is 5.33. The number of hydrogen-bond donors (Lipinski definition) is 0. The number of hydrogen-bond acceptors (Lipinski definition) is 7. The largest absolute Gasteiger partial charge is 0.497 e. The number of ether oxygens (including phenoxy) is 3. The standard InChI is InChI=1S/C31H37N5O5/c1-33-14-6-8-27(33)26-21-28(25-7-4-5-9-29(25)40-3)36(32-26)30(37)22-35(16-15-34-17-19-41-20-18-34)31(38)23-10-12-24(39-2)13-11-23/h4-14,28H,15-22H2,1-3H3/t28-/m1/s1. The monoisotopic (exact) mass is 559 g/mol. The molecule has 0 saturated carbocycles. The molecule has 1 atom stereocenters. The van der Waals surface area contributed by atoms with Crippen molar-refractivity contribution in [3.05, 3.63) is 83.7 Å². The van der Waals surface area contributed by atoms with Crippen LogP contribution < -0.4 is 9.47 Å². The third-order valence-electron chi connectivity index (χ3n) is 7.64. The van der Waals surface area contributed by atoms with E-state index in [4.69, 9.17) is 19.3 Å². The molecule has 3 aromatic rings. The molecule has 0 N–H and O–H groups in total. The summed E-state index contributed by atoms with van der Waals surface area (Å²) in [4.78, 5) is 31.6. The molecule has 216 valence electrons. The van der Waals surface area contributed by atoms with Crippen LogP contribution in [-0.4, -0.2) is 97.1 Å². The van der Waals surface area contributed by atoms with Gasteiger partial charge < -0.3 is 23.7 Å². The lowest BCUT2D eigenvalue weighted by Crippen LogP contribution is -2.46. The Bertz CT molecular complexity index is 1380. The van der Waals surface area contributed by atoms with E-state index < -0.39 is 0 Å². The van der Waals surface area contributed by atoms with E-state index in [-0.39, 0.29) is 24.4 Å². The van der Waals surface area contributed by atoms with Gasteiger partial charge in [0.2, 0.25) is 0 Å². The Morgan fingerprint density at radius 1 is 1.00 bits per heavy atom. The average molecular weight is 560 g/mol. The second-order valence-corrected chi connectivity index (χ2v) is 10.2.